The van der Waals surface area contributed by atoms with E-state index in [1.807, 2.05) is 0 Å². The molecule has 1 rings (SSSR count). The third kappa shape index (κ3) is 2.98. The maximum absolute atomic E-state index is 3.53. The highest BCUT2D eigenvalue weighted by molar-refractivity contribution is 4.90. The van der Waals surface area contributed by atoms with Crippen molar-refractivity contribution in [2.45, 2.75) is 53.9 Å². The molecule has 0 radical (unpaired) electrons. The maximum Gasteiger partial charge on any atom is -0.00154 e. The molecule has 0 aliphatic carbocycles. The Morgan fingerprint density at radius 2 is 2.00 bits per heavy atom. The molecule has 1 saturated heterocycles. The fraction of sp³-hybridized carbons (Fsp3) is 1.00. The van der Waals surface area contributed by atoms with E-state index >= 15 is 0 Å². The van der Waals surface area contributed by atoms with Crippen LogP contribution in [0.15, 0.2) is 0 Å². The normalized spacial score (nSPS) is 34.5. The Bertz CT molecular complexity index is 180. The predicted molar refractivity (Wildman–Crippen MR) is 63.4 cm³/mol. The molecule has 0 aromatic rings. The summed E-state index contributed by atoms with van der Waals surface area (Å²) in [5.74, 6) is 0.871. The van der Waals surface area contributed by atoms with E-state index in [0.717, 1.165) is 5.92 Å². The van der Waals surface area contributed by atoms with Crippen LogP contribution in [0, 0.1) is 16.7 Å². The van der Waals surface area contributed by atoms with Gasteiger partial charge in [0.2, 0.25) is 0 Å². The van der Waals surface area contributed by atoms with Gasteiger partial charge in [-0.2, -0.15) is 0 Å². The van der Waals surface area contributed by atoms with Crippen LogP contribution in [0.5, 0.6) is 0 Å². The van der Waals surface area contributed by atoms with Crippen molar-refractivity contribution < 1.29 is 0 Å². The minimum Gasteiger partial charge on any atom is -0.316 e. The van der Waals surface area contributed by atoms with E-state index < -0.39 is 0 Å². The lowest BCUT2D eigenvalue weighted by atomic mass is 9.64. The molecule has 0 aromatic carbocycles. The molecule has 0 spiro atoms. The van der Waals surface area contributed by atoms with E-state index in [2.05, 4.69) is 39.9 Å². The second-order valence-corrected chi connectivity index (χ2v) is 6.45. The van der Waals surface area contributed by atoms with Crippen LogP contribution in [0.4, 0.5) is 0 Å². The first-order chi connectivity index (χ1) is 6.37. The number of hydrogen-bond acceptors (Lipinski definition) is 1. The largest absolute Gasteiger partial charge is 0.316 e. The fourth-order valence-corrected chi connectivity index (χ4v) is 3.18. The maximum atomic E-state index is 3.53. The van der Waals surface area contributed by atoms with Crippen molar-refractivity contribution in [2.24, 2.45) is 16.7 Å². The van der Waals surface area contributed by atoms with Gasteiger partial charge in [-0.25, -0.2) is 0 Å². The van der Waals surface area contributed by atoms with Crippen molar-refractivity contribution in [3.8, 4) is 0 Å². The van der Waals surface area contributed by atoms with Gasteiger partial charge in [0.05, 0.1) is 0 Å². The Kier molecular flexibility index (Phi) is 3.63. The monoisotopic (exact) mass is 197 g/mol. The Hall–Kier alpha value is -0.0400. The van der Waals surface area contributed by atoms with Crippen LogP contribution < -0.4 is 5.32 Å². The highest BCUT2D eigenvalue weighted by Gasteiger charge is 2.37. The number of rotatable bonds is 2. The summed E-state index contributed by atoms with van der Waals surface area (Å²) in [6.07, 6.45) is 4.03. The van der Waals surface area contributed by atoms with E-state index in [-0.39, 0.29) is 0 Å². The topological polar surface area (TPSA) is 12.0 Å². The summed E-state index contributed by atoms with van der Waals surface area (Å²) in [4.78, 5) is 0. The third-order valence-electron chi connectivity index (χ3n) is 3.68. The molecule has 1 heteroatoms. The zero-order valence-corrected chi connectivity index (χ0v) is 10.6. The molecule has 84 valence electrons. The van der Waals surface area contributed by atoms with Crippen LogP contribution >= 0.6 is 0 Å². The highest BCUT2D eigenvalue weighted by Crippen LogP contribution is 2.44. The van der Waals surface area contributed by atoms with Crippen molar-refractivity contribution >= 4 is 0 Å². The molecule has 1 aliphatic rings. The average molecular weight is 197 g/mol. The summed E-state index contributed by atoms with van der Waals surface area (Å²) in [7, 11) is 0. The molecule has 0 amide bonds. The molecule has 1 fully saturated rings. The van der Waals surface area contributed by atoms with Gasteiger partial charge >= 0.3 is 0 Å². The van der Waals surface area contributed by atoms with E-state index in [1.54, 1.807) is 0 Å². The molecule has 1 nitrogen and oxygen atoms in total. The summed E-state index contributed by atoms with van der Waals surface area (Å²) in [5.41, 5.74) is 1.04. The van der Waals surface area contributed by atoms with Gasteiger partial charge in [-0.1, -0.05) is 41.0 Å². The highest BCUT2D eigenvalue weighted by atomic mass is 14.9. The van der Waals surface area contributed by atoms with Gasteiger partial charge in [-0.3, -0.25) is 0 Å². The summed E-state index contributed by atoms with van der Waals surface area (Å²) in [6.45, 7) is 14.4. The lowest BCUT2D eigenvalue weighted by molar-refractivity contribution is 0.0709. The molecule has 1 aliphatic heterocycles. The van der Waals surface area contributed by atoms with Crippen molar-refractivity contribution in [3.63, 3.8) is 0 Å². The molecule has 1 N–H and O–H groups in total. The van der Waals surface area contributed by atoms with E-state index in [4.69, 9.17) is 0 Å². The van der Waals surface area contributed by atoms with E-state index in [1.165, 1.54) is 32.4 Å². The standard InChI is InChI=1S/C13H27N/c1-6-11-9-14-8-7-13(11,5)10-12(2,3)4/h11,14H,6-10H2,1-5H3. The lowest BCUT2D eigenvalue weighted by Crippen LogP contribution is -2.44. The SMILES string of the molecule is CCC1CNCCC1(C)CC(C)(C)C. The van der Waals surface area contributed by atoms with Gasteiger partial charge in [0.15, 0.2) is 0 Å². The van der Waals surface area contributed by atoms with Crippen LogP contribution in [0.2, 0.25) is 0 Å². The Labute approximate surface area is 89.7 Å². The van der Waals surface area contributed by atoms with Crippen molar-refractivity contribution in [1.82, 2.24) is 5.32 Å². The van der Waals surface area contributed by atoms with Crippen LogP contribution in [-0.2, 0) is 0 Å². The lowest BCUT2D eigenvalue weighted by Gasteiger charge is -2.45. The molecule has 1 heterocycles. The fourth-order valence-electron chi connectivity index (χ4n) is 3.18. The van der Waals surface area contributed by atoms with Crippen molar-refractivity contribution in [3.05, 3.63) is 0 Å². The molecule has 0 bridgehead atoms. The second-order valence-electron chi connectivity index (χ2n) is 6.45. The zero-order chi connectivity index (χ0) is 10.8. The molecule has 2 atom stereocenters. The first-order valence-corrected chi connectivity index (χ1v) is 6.08. The Morgan fingerprint density at radius 3 is 2.50 bits per heavy atom. The number of piperidine rings is 1. The van der Waals surface area contributed by atoms with Crippen molar-refractivity contribution in [2.75, 3.05) is 13.1 Å². The van der Waals surface area contributed by atoms with Gasteiger partial charge in [-0.15, -0.1) is 0 Å². The first kappa shape index (κ1) is 12.0. The van der Waals surface area contributed by atoms with Crippen molar-refractivity contribution in [1.29, 1.82) is 0 Å². The first-order valence-electron chi connectivity index (χ1n) is 6.08. The predicted octanol–water partition coefficient (Wildman–Crippen LogP) is 3.45. The van der Waals surface area contributed by atoms with E-state index in [9.17, 15) is 0 Å². The summed E-state index contributed by atoms with van der Waals surface area (Å²) in [5, 5.41) is 3.53. The minimum atomic E-state index is 0.472. The molecule has 0 saturated carbocycles. The summed E-state index contributed by atoms with van der Waals surface area (Å²) >= 11 is 0. The van der Waals surface area contributed by atoms with Gasteiger partial charge in [0.25, 0.3) is 0 Å². The smallest absolute Gasteiger partial charge is 0.00154 e. The average Bonchev–Trinajstić information content (AvgIpc) is 2.01. The summed E-state index contributed by atoms with van der Waals surface area (Å²) in [6, 6.07) is 0. The number of nitrogens with one attached hydrogen (secondary N) is 1. The van der Waals surface area contributed by atoms with Crippen LogP contribution in [0.1, 0.15) is 53.9 Å². The Balaban J connectivity index is 2.67. The second kappa shape index (κ2) is 4.22. The Morgan fingerprint density at radius 1 is 1.36 bits per heavy atom. The van der Waals surface area contributed by atoms with Gasteiger partial charge in [0, 0.05) is 0 Å². The number of hydrogen-bond donors (Lipinski definition) is 1. The minimum absolute atomic E-state index is 0.472. The molecule has 2 unspecified atom stereocenters. The van der Waals surface area contributed by atoms with Crippen LogP contribution in [0.25, 0.3) is 0 Å². The molecule has 14 heavy (non-hydrogen) atoms. The van der Waals surface area contributed by atoms with Gasteiger partial charge in [-0.05, 0) is 42.7 Å². The molecule has 0 aromatic heterocycles. The van der Waals surface area contributed by atoms with Gasteiger partial charge < -0.3 is 5.32 Å². The molecular weight excluding hydrogens is 170 g/mol. The van der Waals surface area contributed by atoms with E-state index in [0.29, 0.717) is 10.8 Å². The summed E-state index contributed by atoms with van der Waals surface area (Å²) < 4.78 is 0. The van der Waals surface area contributed by atoms with Crippen LogP contribution in [-0.4, -0.2) is 13.1 Å². The zero-order valence-electron chi connectivity index (χ0n) is 10.6. The van der Waals surface area contributed by atoms with Crippen LogP contribution in [0.3, 0.4) is 0 Å². The van der Waals surface area contributed by atoms with Gasteiger partial charge in [0.1, 0.15) is 0 Å². The third-order valence-corrected chi connectivity index (χ3v) is 3.68. The molecular formula is C13H27N. The quantitative estimate of drug-likeness (QED) is 0.715.